The van der Waals surface area contributed by atoms with Crippen LogP contribution in [-0.2, 0) is 0 Å². The second-order valence-corrected chi connectivity index (χ2v) is 13.2. The minimum atomic E-state index is 1.13. The molecule has 0 amide bonds. The van der Waals surface area contributed by atoms with E-state index < -0.39 is 0 Å². The van der Waals surface area contributed by atoms with Gasteiger partial charge in [-0.25, -0.2) is 0 Å². The standard InChI is InChI=1S/C42H25N3S/c1-2-11-26(12-3-1)43(27-21-22-31-30-15-6-9-20-38(30)46-39(31)25-27)36-18-10-19-37-42(36)45-35-17-8-5-14-29(35)33-24-23-32-28-13-4-7-16-34(28)44(37)40(32)41(33)45/h1-25H. The third-order valence-electron chi connectivity index (χ3n) is 9.80. The zero-order valence-corrected chi connectivity index (χ0v) is 25.5. The summed E-state index contributed by atoms with van der Waals surface area (Å²) < 4.78 is 7.65. The molecule has 4 heteroatoms. The van der Waals surface area contributed by atoms with Gasteiger partial charge in [0.25, 0.3) is 0 Å². The monoisotopic (exact) mass is 603 g/mol. The second kappa shape index (κ2) is 8.87. The number of hydrogen-bond donors (Lipinski definition) is 0. The van der Waals surface area contributed by atoms with Crippen LogP contribution in [0.5, 0.6) is 0 Å². The lowest BCUT2D eigenvalue weighted by molar-refractivity contribution is 1.22. The molecule has 46 heavy (non-hydrogen) atoms. The molecule has 4 aromatic heterocycles. The summed E-state index contributed by atoms with van der Waals surface area (Å²) in [6, 6.07) is 55.7. The maximum atomic E-state index is 2.53. The van der Waals surface area contributed by atoms with Crippen molar-refractivity contribution in [1.29, 1.82) is 0 Å². The molecular formula is C42H25N3S. The summed E-state index contributed by atoms with van der Waals surface area (Å²) in [4.78, 5) is 2.44. The van der Waals surface area contributed by atoms with Crippen molar-refractivity contribution in [2.75, 3.05) is 4.90 Å². The first-order chi connectivity index (χ1) is 22.8. The predicted molar refractivity (Wildman–Crippen MR) is 197 cm³/mol. The molecule has 0 bridgehead atoms. The van der Waals surface area contributed by atoms with Crippen LogP contribution in [0.3, 0.4) is 0 Å². The van der Waals surface area contributed by atoms with Crippen molar-refractivity contribution in [3.8, 4) is 0 Å². The molecule has 3 nitrogen and oxygen atoms in total. The van der Waals surface area contributed by atoms with Gasteiger partial charge in [0, 0.05) is 53.1 Å². The van der Waals surface area contributed by atoms with Crippen LogP contribution in [0, 0.1) is 0 Å². The number of anilines is 3. The Labute approximate surface area is 267 Å². The van der Waals surface area contributed by atoms with Gasteiger partial charge in [0.1, 0.15) is 0 Å². The maximum absolute atomic E-state index is 2.53. The van der Waals surface area contributed by atoms with E-state index >= 15 is 0 Å². The number of thiophene rings is 1. The van der Waals surface area contributed by atoms with Crippen LogP contribution in [0.1, 0.15) is 0 Å². The molecule has 11 aromatic rings. The quantitative estimate of drug-likeness (QED) is 0.183. The van der Waals surface area contributed by atoms with Gasteiger partial charge in [0.15, 0.2) is 0 Å². The van der Waals surface area contributed by atoms with Crippen molar-refractivity contribution >= 4 is 103 Å². The summed E-state index contributed by atoms with van der Waals surface area (Å²) in [7, 11) is 0. The van der Waals surface area contributed by atoms with Gasteiger partial charge in [-0.05, 0) is 54.6 Å². The number of para-hydroxylation sites is 4. The molecule has 0 atom stereocenters. The first-order valence-electron chi connectivity index (χ1n) is 15.7. The molecule has 0 saturated carbocycles. The van der Waals surface area contributed by atoms with Crippen LogP contribution in [0.4, 0.5) is 17.1 Å². The Morgan fingerprint density at radius 2 is 0.957 bits per heavy atom. The highest BCUT2D eigenvalue weighted by atomic mass is 32.1. The molecule has 7 aromatic carbocycles. The molecule has 0 radical (unpaired) electrons. The Morgan fingerprint density at radius 3 is 1.74 bits per heavy atom. The summed E-state index contributed by atoms with van der Waals surface area (Å²) in [5.41, 5.74) is 10.8. The Bertz CT molecular complexity index is 2980. The van der Waals surface area contributed by atoms with Crippen molar-refractivity contribution < 1.29 is 0 Å². The highest BCUT2D eigenvalue weighted by Gasteiger charge is 2.25. The minimum absolute atomic E-state index is 1.13. The molecule has 11 rings (SSSR count). The van der Waals surface area contributed by atoms with E-state index in [9.17, 15) is 0 Å². The lowest BCUT2D eigenvalue weighted by Crippen LogP contribution is -2.12. The topological polar surface area (TPSA) is 12.1 Å². The van der Waals surface area contributed by atoms with Gasteiger partial charge in [-0.1, -0.05) is 97.1 Å². The lowest BCUT2D eigenvalue weighted by Gasteiger charge is -2.27. The van der Waals surface area contributed by atoms with Crippen LogP contribution in [-0.4, -0.2) is 8.80 Å². The van der Waals surface area contributed by atoms with E-state index in [-0.39, 0.29) is 0 Å². The number of aromatic nitrogens is 2. The number of benzene rings is 7. The Hall–Kier alpha value is -5.84. The largest absolute Gasteiger partial charge is 0.308 e. The van der Waals surface area contributed by atoms with E-state index in [1.807, 2.05) is 11.3 Å². The second-order valence-electron chi connectivity index (χ2n) is 12.2. The van der Waals surface area contributed by atoms with Gasteiger partial charge in [0.2, 0.25) is 0 Å². The van der Waals surface area contributed by atoms with Gasteiger partial charge in [-0.2, -0.15) is 0 Å². The van der Waals surface area contributed by atoms with Gasteiger partial charge in [-0.3, -0.25) is 0 Å². The molecule has 0 unspecified atom stereocenters. The number of hydrogen-bond acceptors (Lipinski definition) is 2. The van der Waals surface area contributed by atoms with Crippen molar-refractivity contribution in [3.63, 3.8) is 0 Å². The van der Waals surface area contributed by atoms with E-state index in [0.29, 0.717) is 0 Å². The van der Waals surface area contributed by atoms with Gasteiger partial charge < -0.3 is 13.7 Å². The predicted octanol–water partition coefficient (Wildman–Crippen LogP) is 12.1. The Morgan fingerprint density at radius 1 is 0.370 bits per heavy atom. The van der Waals surface area contributed by atoms with Crippen LogP contribution >= 0.6 is 11.3 Å². The van der Waals surface area contributed by atoms with Crippen LogP contribution in [0.25, 0.3) is 74.8 Å². The summed E-state index contributed by atoms with van der Waals surface area (Å²) in [5.74, 6) is 0. The lowest BCUT2D eigenvalue weighted by atomic mass is 10.1. The number of rotatable bonds is 3. The Balaban J connectivity index is 1.34. The third kappa shape index (κ3) is 3.06. The first kappa shape index (κ1) is 24.5. The molecule has 0 fully saturated rings. The average molecular weight is 604 g/mol. The molecule has 0 aliphatic rings. The van der Waals surface area contributed by atoms with Crippen molar-refractivity contribution in [2.45, 2.75) is 0 Å². The van der Waals surface area contributed by atoms with E-state index in [2.05, 4.69) is 165 Å². The van der Waals surface area contributed by atoms with Crippen molar-refractivity contribution in [1.82, 2.24) is 8.80 Å². The molecule has 0 N–H and O–H groups in total. The highest BCUT2D eigenvalue weighted by molar-refractivity contribution is 7.25. The van der Waals surface area contributed by atoms with Gasteiger partial charge >= 0.3 is 0 Å². The summed E-state index contributed by atoms with van der Waals surface area (Å²) in [5, 5.41) is 7.75. The van der Waals surface area contributed by atoms with Crippen molar-refractivity contribution in [2.24, 2.45) is 0 Å². The van der Waals surface area contributed by atoms with Crippen molar-refractivity contribution in [3.05, 3.63) is 152 Å². The maximum Gasteiger partial charge on any atom is 0.0947 e. The number of nitrogens with zero attached hydrogens (tertiary/aromatic N) is 3. The first-order valence-corrected chi connectivity index (χ1v) is 16.5. The van der Waals surface area contributed by atoms with Gasteiger partial charge in [0.05, 0.1) is 38.8 Å². The summed E-state index contributed by atoms with van der Waals surface area (Å²) in [6.07, 6.45) is 0. The normalized spacial score (nSPS) is 12.3. The highest BCUT2D eigenvalue weighted by Crippen LogP contribution is 2.47. The molecule has 4 heterocycles. The van der Waals surface area contributed by atoms with Gasteiger partial charge in [-0.15, -0.1) is 11.3 Å². The molecule has 0 aliphatic carbocycles. The zero-order chi connectivity index (χ0) is 29.9. The van der Waals surface area contributed by atoms with Crippen LogP contribution < -0.4 is 4.90 Å². The fourth-order valence-corrected chi connectivity index (χ4v) is 9.09. The van der Waals surface area contributed by atoms with Crippen LogP contribution in [0.2, 0.25) is 0 Å². The molecule has 0 saturated heterocycles. The third-order valence-corrected chi connectivity index (χ3v) is 10.9. The number of fused-ring (bicyclic) bond motifs is 12. The van der Waals surface area contributed by atoms with E-state index in [0.717, 1.165) is 17.1 Å². The zero-order valence-electron chi connectivity index (χ0n) is 24.7. The molecular weight excluding hydrogens is 579 g/mol. The fraction of sp³-hybridized carbons (Fsp3) is 0. The average Bonchev–Trinajstić information content (AvgIpc) is 3.77. The summed E-state index contributed by atoms with van der Waals surface area (Å²) >= 11 is 1.87. The van der Waals surface area contributed by atoms with E-state index in [1.165, 1.54) is 74.8 Å². The SMILES string of the molecule is c1ccc(N(c2ccc3c(c2)sc2ccccc23)c2cccc3c2n2c4ccccc4c4ccc5c6ccccc6n3c5c42)cc1. The molecule has 0 spiro atoms. The minimum Gasteiger partial charge on any atom is -0.308 e. The smallest absolute Gasteiger partial charge is 0.0947 e. The molecule has 0 aliphatic heterocycles. The molecule has 214 valence electrons. The Kier molecular flexibility index (Phi) is 4.72. The van der Waals surface area contributed by atoms with Crippen LogP contribution in [0.15, 0.2) is 152 Å². The van der Waals surface area contributed by atoms with E-state index in [1.54, 1.807) is 0 Å². The van der Waals surface area contributed by atoms with E-state index in [4.69, 9.17) is 0 Å². The summed E-state index contributed by atoms with van der Waals surface area (Å²) in [6.45, 7) is 0. The fourth-order valence-electron chi connectivity index (χ4n) is 7.95.